The Morgan fingerprint density at radius 1 is 1.32 bits per heavy atom. The predicted octanol–water partition coefficient (Wildman–Crippen LogP) is 4.32. The molecule has 1 saturated heterocycles. The zero-order valence-electron chi connectivity index (χ0n) is 17.0. The largest absolute Gasteiger partial charge is 0.384 e. The number of aromatic amines is 1. The maximum Gasteiger partial charge on any atom is 0.257 e. The second kappa shape index (κ2) is 8.67. The van der Waals surface area contributed by atoms with E-state index in [1.54, 1.807) is 17.3 Å². The van der Waals surface area contributed by atoms with Crippen LogP contribution in [0, 0.1) is 23.0 Å². The Hall–Kier alpha value is -3.55. The van der Waals surface area contributed by atoms with Crippen LogP contribution in [0.2, 0.25) is 0 Å². The molecule has 0 bridgehead atoms. The fourth-order valence-electron chi connectivity index (χ4n) is 4.08. The lowest BCUT2D eigenvalue weighted by Gasteiger charge is -2.22. The smallest absolute Gasteiger partial charge is 0.257 e. The normalized spacial score (nSPS) is 18.2. The Labute approximate surface area is 178 Å². The quantitative estimate of drug-likeness (QED) is 0.517. The second-order valence-electron chi connectivity index (χ2n) is 7.82. The average molecular weight is 423 g/mol. The minimum absolute atomic E-state index is 0.0763. The molecule has 4 rings (SSSR count). The third-order valence-electron chi connectivity index (χ3n) is 5.72. The van der Waals surface area contributed by atoms with Crippen LogP contribution in [0.5, 0.6) is 0 Å². The van der Waals surface area contributed by atoms with E-state index >= 15 is 0 Å². The van der Waals surface area contributed by atoms with Crippen molar-refractivity contribution >= 4 is 17.8 Å². The van der Waals surface area contributed by atoms with Crippen molar-refractivity contribution in [2.75, 3.05) is 18.4 Å². The van der Waals surface area contributed by atoms with Gasteiger partial charge in [-0.3, -0.25) is 9.89 Å². The predicted molar refractivity (Wildman–Crippen MR) is 115 cm³/mol. The molecule has 2 aromatic carbocycles. The van der Waals surface area contributed by atoms with Crippen LogP contribution >= 0.6 is 0 Å². The lowest BCUT2D eigenvalue weighted by molar-refractivity contribution is 0.0737. The molecule has 6 nitrogen and oxygen atoms in total. The number of carbonyl (C=O) groups is 1. The van der Waals surface area contributed by atoms with Crippen LogP contribution in [0.15, 0.2) is 48.8 Å². The van der Waals surface area contributed by atoms with E-state index in [0.29, 0.717) is 13.1 Å². The number of rotatable bonds is 6. The van der Waals surface area contributed by atoms with E-state index in [-0.39, 0.29) is 17.5 Å². The lowest BCUT2D eigenvalue weighted by Crippen LogP contribution is -2.35. The average Bonchev–Trinajstić information content (AvgIpc) is 3.43. The highest BCUT2D eigenvalue weighted by atomic mass is 19.2. The highest BCUT2D eigenvalue weighted by Gasteiger charge is 2.34. The highest BCUT2D eigenvalue weighted by Crippen LogP contribution is 2.28. The summed E-state index contributed by atoms with van der Waals surface area (Å²) in [6.07, 6.45) is 5.57. The van der Waals surface area contributed by atoms with E-state index in [9.17, 15) is 13.6 Å². The summed E-state index contributed by atoms with van der Waals surface area (Å²) in [7, 11) is 0. The Morgan fingerprint density at radius 3 is 2.90 bits per heavy atom. The fourth-order valence-corrected chi connectivity index (χ4v) is 4.08. The molecule has 0 spiro atoms. The highest BCUT2D eigenvalue weighted by molar-refractivity contribution is 5.95. The van der Waals surface area contributed by atoms with Crippen LogP contribution in [-0.2, 0) is 0 Å². The van der Waals surface area contributed by atoms with Crippen LogP contribution in [0.4, 0.5) is 14.5 Å². The minimum atomic E-state index is -1.10. The molecule has 3 N–H and O–H groups in total. The van der Waals surface area contributed by atoms with Crippen LogP contribution in [-0.4, -0.2) is 46.4 Å². The zero-order chi connectivity index (χ0) is 22.0. The van der Waals surface area contributed by atoms with Crippen molar-refractivity contribution in [3.63, 3.8) is 0 Å². The fraction of sp³-hybridized carbons (Fsp3) is 0.261. The van der Waals surface area contributed by atoms with E-state index in [1.807, 2.05) is 25.1 Å². The van der Waals surface area contributed by atoms with Gasteiger partial charge in [0.2, 0.25) is 0 Å². The molecule has 0 aliphatic carbocycles. The third-order valence-corrected chi connectivity index (χ3v) is 5.72. The molecule has 160 valence electrons. The summed E-state index contributed by atoms with van der Waals surface area (Å²) < 4.78 is 27.6. The van der Waals surface area contributed by atoms with Gasteiger partial charge in [0.05, 0.1) is 11.8 Å². The molecule has 0 saturated carbocycles. The first kappa shape index (κ1) is 20.7. The molecule has 2 unspecified atom stereocenters. The number of anilines is 1. The van der Waals surface area contributed by atoms with E-state index in [4.69, 9.17) is 5.41 Å². The molecule has 2 atom stereocenters. The molecule has 8 heteroatoms. The molecular weight excluding hydrogens is 400 g/mol. The van der Waals surface area contributed by atoms with Crippen LogP contribution in [0.1, 0.15) is 29.3 Å². The van der Waals surface area contributed by atoms with Gasteiger partial charge >= 0.3 is 0 Å². The van der Waals surface area contributed by atoms with Crippen LogP contribution in [0.3, 0.4) is 0 Å². The first-order chi connectivity index (χ1) is 15.0. The van der Waals surface area contributed by atoms with Crippen molar-refractivity contribution in [2.45, 2.75) is 19.4 Å². The molecule has 1 amide bonds. The maximum atomic E-state index is 14.1. The number of carbonyl (C=O) groups excluding carboxylic acids is 1. The van der Waals surface area contributed by atoms with Gasteiger partial charge in [0.25, 0.3) is 5.91 Å². The topological polar surface area (TPSA) is 84.9 Å². The Kier molecular flexibility index (Phi) is 5.79. The van der Waals surface area contributed by atoms with E-state index in [0.717, 1.165) is 34.9 Å². The van der Waals surface area contributed by atoms with Gasteiger partial charge in [-0.25, -0.2) is 8.78 Å². The monoisotopic (exact) mass is 423 g/mol. The number of aromatic nitrogens is 2. The molecular formula is C23H23F2N5O. The first-order valence-corrected chi connectivity index (χ1v) is 10.1. The van der Waals surface area contributed by atoms with Gasteiger partial charge in [-0.1, -0.05) is 12.1 Å². The van der Waals surface area contributed by atoms with Crippen LogP contribution in [0.25, 0.3) is 11.1 Å². The number of halogens is 2. The van der Waals surface area contributed by atoms with Crippen molar-refractivity contribution in [2.24, 2.45) is 5.92 Å². The van der Waals surface area contributed by atoms with Gasteiger partial charge < -0.3 is 15.6 Å². The number of hydrogen-bond donors (Lipinski definition) is 3. The Morgan fingerprint density at radius 2 is 2.16 bits per heavy atom. The second-order valence-corrected chi connectivity index (χ2v) is 7.82. The molecule has 2 heterocycles. The number of nitrogens with zero attached hydrogens (tertiary/aromatic N) is 2. The van der Waals surface area contributed by atoms with E-state index in [1.165, 1.54) is 18.3 Å². The van der Waals surface area contributed by atoms with Gasteiger partial charge in [-0.2, -0.15) is 5.10 Å². The van der Waals surface area contributed by atoms with Gasteiger partial charge in [-0.15, -0.1) is 0 Å². The summed E-state index contributed by atoms with van der Waals surface area (Å²) in [5, 5.41) is 17.8. The summed E-state index contributed by atoms with van der Waals surface area (Å²) >= 11 is 0. The number of nitrogens with one attached hydrogen (secondary N) is 3. The number of hydrogen-bond acceptors (Lipinski definition) is 4. The van der Waals surface area contributed by atoms with Gasteiger partial charge in [-0.05, 0) is 49.1 Å². The van der Waals surface area contributed by atoms with Gasteiger partial charge in [0, 0.05) is 48.4 Å². The number of H-pyrrole nitrogens is 1. The van der Waals surface area contributed by atoms with Crippen LogP contribution < -0.4 is 5.32 Å². The van der Waals surface area contributed by atoms with E-state index in [2.05, 4.69) is 15.5 Å². The Balaban J connectivity index is 1.43. The Bertz CT molecular complexity index is 1100. The van der Waals surface area contributed by atoms with Crippen molar-refractivity contribution in [1.82, 2.24) is 15.1 Å². The molecule has 1 aromatic heterocycles. The van der Waals surface area contributed by atoms with E-state index < -0.39 is 17.5 Å². The molecule has 31 heavy (non-hydrogen) atoms. The van der Waals surface area contributed by atoms with Gasteiger partial charge in [0.15, 0.2) is 11.6 Å². The summed E-state index contributed by atoms with van der Waals surface area (Å²) in [6, 6.07) is 9.39. The standard InChI is InChI=1S/C23H23F2N5O/c1-14-7-15(13-30(14)23(31)19-3-2-4-20(24)22(19)25)10-27-21-6-5-16(8-17(21)9-26)18-11-28-29-12-18/h2-6,8-9,11-12,14-15,26-27H,7,10,13H2,1H3,(H,28,29). The van der Waals surface area contributed by atoms with Gasteiger partial charge in [0.1, 0.15) is 0 Å². The third kappa shape index (κ3) is 4.19. The molecule has 0 radical (unpaired) electrons. The summed E-state index contributed by atoms with van der Waals surface area (Å²) in [6.45, 7) is 2.97. The number of likely N-dealkylation sites (tertiary alicyclic amines) is 1. The SMILES string of the molecule is CC1CC(CNc2ccc(-c3cn[nH]c3)cc2C=N)CN1C(=O)c1cccc(F)c1F. The lowest BCUT2D eigenvalue weighted by atomic mass is 10.0. The first-order valence-electron chi connectivity index (χ1n) is 10.1. The molecule has 1 aliphatic heterocycles. The maximum absolute atomic E-state index is 14.1. The molecule has 1 aliphatic rings. The van der Waals surface area contributed by atoms with Crippen molar-refractivity contribution in [1.29, 1.82) is 5.41 Å². The van der Waals surface area contributed by atoms with Crippen molar-refractivity contribution in [3.05, 3.63) is 71.6 Å². The minimum Gasteiger partial charge on any atom is -0.384 e. The number of benzene rings is 2. The molecule has 1 fully saturated rings. The van der Waals surface area contributed by atoms with Crippen molar-refractivity contribution < 1.29 is 13.6 Å². The number of amides is 1. The van der Waals surface area contributed by atoms with Crippen molar-refractivity contribution in [3.8, 4) is 11.1 Å². The molecule has 3 aromatic rings. The summed E-state index contributed by atoms with van der Waals surface area (Å²) in [4.78, 5) is 14.4. The summed E-state index contributed by atoms with van der Waals surface area (Å²) in [5.41, 5.74) is 3.25. The summed E-state index contributed by atoms with van der Waals surface area (Å²) in [5.74, 6) is -2.46. The zero-order valence-corrected chi connectivity index (χ0v) is 17.0.